The van der Waals surface area contributed by atoms with Crippen LogP contribution in [0.4, 0.5) is 0 Å². The van der Waals surface area contributed by atoms with Crippen LogP contribution >= 0.6 is 0 Å². The van der Waals surface area contributed by atoms with Crippen molar-refractivity contribution in [3.8, 4) is 0 Å². The molecule has 1 unspecified atom stereocenters. The van der Waals surface area contributed by atoms with E-state index in [-0.39, 0.29) is 17.9 Å². The Morgan fingerprint density at radius 2 is 1.41 bits per heavy atom. The average molecular weight is 368 g/mol. The lowest BCUT2D eigenvalue weighted by Crippen LogP contribution is -2.28. The summed E-state index contributed by atoms with van der Waals surface area (Å²) < 4.78 is 11.0. The molecule has 0 aliphatic rings. The molecule has 0 radical (unpaired) electrons. The molecule has 0 aromatic heterocycles. The van der Waals surface area contributed by atoms with E-state index in [4.69, 9.17) is 9.47 Å². The van der Waals surface area contributed by atoms with Gasteiger partial charge in [0, 0.05) is 0 Å². The smallest absolute Gasteiger partial charge is 0.338 e. The summed E-state index contributed by atoms with van der Waals surface area (Å²) in [5.41, 5.74) is 0.596. The Kier molecular flexibility index (Phi) is 7.59. The predicted molar refractivity (Wildman–Crippen MR) is 106 cm³/mol. The van der Waals surface area contributed by atoms with Crippen molar-refractivity contribution in [2.24, 2.45) is 5.92 Å². The molecule has 4 nitrogen and oxygen atoms in total. The van der Waals surface area contributed by atoms with Crippen molar-refractivity contribution in [1.82, 2.24) is 0 Å². The molecule has 2 aromatic rings. The van der Waals surface area contributed by atoms with Crippen LogP contribution in [-0.4, -0.2) is 24.1 Å². The van der Waals surface area contributed by atoms with Gasteiger partial charge in [-0.3, -0.25) is 0 Å². The lowest BCUT2D eigenvalue weighted by molar-refractivity contribution is -0.00636. The Balaban J connectivity index is 1.69. The van der Waals surface area contributed by atoms with Crippen LogP contribution in [0.2, 0.25) is 0 Å². The fraction of sp³-hybridized carbons (Fsp3) is 0.391. The van der Waals surface area contributed by atoms with Crippen molar-refractivity contribution in [2.45, 2.75) is 45.6 Å². The molecule has 0 fully saturated rings. The van der Waals surface area contributed by atoms with Crippen LogP contribution in [0.5, 0.6) is 0 Å². The van der Waals surface area contributed by atoms with Crippen LogP contribution in [0.15, 0.2) is 60.7 Å². The molecule has 0 saturated heterocycles. The van der Waals surface area contributed by atoms with Gasteiger partial charge < -0.3 is 9.47 Å². The van der Waals surface area contributed by atoms with Gasteiger partial charge in [-0.2, -0.15) is 0 Å². The van der Waals surface area contributed by atoms with Crippen molar-refractivity contribution >= 4 is 11.9 Å². The second-order valence-electron chi connectivity index (χ2n) is 7.48. The second-order valence-corrected chi connectivity index (χ2v) is 7.48. The minimum absolute atomic E-state index is 0.248. The minimum atomic E-state index is -0.534. The monoisotopic (exact) mass is 368 g/mol. The Hall–Kier alpha value is -2.62. The van der Waals surface area contributed by atoms with Gasteiger partial charge in [0.2, 0.25) is 0 Å². The van der Waals surface area contributed by atoms with Crippen LogP contribution in [0, 0.1) is 5.92 Å². The van der Waals surface area contributed by atoms with Crippen LogP contribution in [0.25, 0.3) is 0 Å². The maximum atomic E-state index is 12.2. The molecular weight excluding hydrogens is 340 g/mol. The number of ether oxygens (including phenoxy) is 2. The molecule has 0 bridgehead atoms. The molecule has 0 amide bonds. The summed E-state index contributed by atoms with van der Waals surface area (Å²) in [6.45, 7) is 6.29. The van der Waals surface area contributed by atoms with Gasteiger partial charge in [-0.1, -0.05) is 43.3 Å². The summed E-state index contributed by atoms with van der Waals surface area (Å²) in [6.07, 6.45) is 2.54. The van der Waals surface area contributed by atoms with Gasteiger partial charge in [0.25, 0.3) is 0 Å². The van der Waals surface area contributed by atoms with E-state index in [1.165, 1.54) is 0 Å². The highest BCUT2D eigenvalue weighted by molar-refractivity contribution is 5.89. The molecule has 0 N–H and O–H groups in total. The van der Waals surface area contributed by atoms with Gasteiger partial charge in [-0.25, -0.2) is 9.59 Å². The third-order valence-electron chi connectivity index (χ3n) is 4.36. The number of hydrogen-bond acceptors (Lipinski definition) is 4. The molecule has 1 atom stereocenters. The van der Waals surface area contributed by atoms with E-state index in [0.717, 1.165) is 19.3 Å². The van der Waals surface area contributed by atoms with E-state index in [1.807, 2.05) is 50.2 Å². The van der Waals surface area contributed by atoms with Crippen LogP contribution in [0.3, 0.4) is 0 Å². The van der Waals surface area contributed by atoms with Crippen LogP contribution < -0.4 is 0 Å². The number of esters is 2. The Bertz CT molecular complexity index is 723. The van der Waals surface area contributed by atoms with Gasteiger partial charge >= 0.3 is 11.9 Å². The van der Waals surface area contributed by atoms with Crippen molar-refractivity contribution in [3.63, 3.8) is 0 Å². The maximum absolute atomic E-state index is 12.2. The zero-order valence-corrected chi connectivity index (χ0v) is 16.3. The number of hydrogen-bond donors (Lipinski definition) is 0. The Labute approximate surface area is 161 Å². The third kappa shape index (κ3) is 7.26. The Morgan fingerprint density at radius 3 is 1.96 bits per heavy atom. The first-order chi connectivity index (χ1) is 12.9. The van der Waals surface area contributed by atoms with E-state index in [0.29, 0.717) is 17.7 Å². The van der Waals surface area contributed by atoms with E-state index in [1.54, 1.807) is 24.3 Å². The highest BCUT2D eigenvalue weighted by Crippen LogP contribution is 2.22. The highest BCUT2D eigenvalue weighted by Gasteiger charge is 2.23. The average Bonchev–Trinajstić information content (AvgIpc) is 2.67. The van der Waals surface area contributed by atoms with E-state index < -0.39 is 5.60 Å². The number of benzene rings is 2. The molecule has 0 aliphatic heterocycles. The molecule has 0 heterocycles. The Morgan fingerprint density at radius 1 is 0.889 bits per heavy atom. The fourth-order valence-electron chi connectivity index (χ4n) is 2.77. The largest absolute Gasteiger partial charge is 0.462 e. The first-order valence-electron chi connectivity index (χ1n) is 9.38. The van der Waals surface area contributed by atoms with E-state index in [9.17, 15) is 9.59 Å². The number of rotatable bonds is 9. The maximum Gasteiger partial charge on any atom is 0.338 e. The zero-order valence-electron chi connectivity index (χ0n) is 16.3. The summed E-state index contributed by atoms with van der Waals surface area (Å²) in [4.78, 5) is 24.1. The van der Waals surface area contributed by atoms with Crippen molar-refractivity contribution in [3.05, 3.63) is 71.8 Å². The SMILES string of the molecule is CC(CCCC(C)(C)OC(=O)c1ccccc1)COC(=O)c1ccccc1. The predicted octanol–water partition coefficient (Wildman–Crippen LogP) is 5.29. The van der Waals surface area contributed by atoms with Gasteiger partial charge in [0.15, 0.2) is 0 Å². The van der Waals surface area contributed by atoms with Gasteiger partial charge in [0.1, 0.15) is 5.60 Å². The quantitative estimate of drug-likeness (QED) is 0.565. The fourth-order valence-corrected chi connectivity index (χ4v) is 2.77. The molecule has 144 valence electrons. The first kappa shape index (κ1) is 20.7. The summed E-state index contributed by atoms with van der Waals surface area (Å²) >= 11 is 0. The molecule has 0 spiro atoms. The lowest BCUT2D eigenvalue weighted by atomic mass is 9.97. The zero-order chi connectivity index (χ0) is 19.7. The molecule has 4 heteroatoms. The van der Waals surface area contributed by atoms with Crippen LogP contribution in [-0.2, 0) is 9.47 Å². The summed E-state index contributed by atoms with van der Waals surface area (Å²) in [7, 11) is 0. The number of carbonyl (C=O) groups excluding carboxylic acids is 2. The van der Waals surface area contributed by atoms with Crippen LogP contribution in [0.1, 0.15) is 60.7 Å². The highest BCUT2D eigenvalue weighted by atomic mass is 16.6. The lowest BCUT2D eigenvalue weighted by Gasteiger charge is -2.25. The summed E-state index contributed by atoms with van der Waals surface area (Å²) in [5.74, 6) is -0.344. The topological polar surface area (TPSA) is 52.6 Å². The number of carbonyl (C=O) groups is 2. The van der Waals surface area contributed by atoms with E-state index >= 15 is 0 Å². The van der Waals surface area contributed by atoms with Crippen molar-refractivity contribution < 1.29 is 19.1 Å². The van der Waals surface area contributed by atoms with Gasteiger partial charge in [-0.15, -0.1) is 0 Å². The molecule has 0 aliphatic carbocycles. The van der Waals surface area contributed by atoms with Gasteiger partial charge in [-0.05, 0) is 63.3 Å². The normalized spacial score (nSPS) is 12.3. The minimum Gasteiger partial charge on any atom is -0.462 e. The van der Waals surface area contributed by atoms with E-state index in [2.05, 4.69) is 6.92 Å². The third-order valence-corrected chi connectivity index (χ3v) is 4.36. The van der Waals surface area contributed by atoms with Gasteiger partial charge in [0.05, 0.1) is 17.7 Å². The summed E-state index contributed by atoms with van der Waals surface area (Å²) in [6, 6.07) is 18.0. The first-order valence-corrected chi connectivity index (χ1v) is 9.38. The van der Waals surface area contributed by atoms with Crippen molar-refractivity contribution in [1.29, 1.82) is 0 Å². The molecule has 27 heavy (non-hydrogen) atoms. The standard InChI is InChI=1S/C23H28O4/c1-18(17-26-21(24)19-12-6-4-7-13-19)11-10-16-23(2,3)27-22(25)20-14-8-5-9-15-20/h4-9,12-15,18H,10-11,16-17H2,1-3H3. The summed E-state index contributed by atoms with van der Waals surface area (Å²) in [5, 5.41) is 0. The molecule has 0 saturated carbocycles. The molecule has 2 rings (SSSR count). The molecule has 2 aromatic carbocycles. The second kappa shape index (κ2) is 9.91. The van der Waals surface area contributed by atoms with Crippen molar-refractivity contribution in [2.75, 3.05) is 6.61 Å². The molecular formula is C23H28O4.